The fourth-order valence-corrected chi connectivity index (χ4v) is 6.02. The molecule has 2 aromatic heterocycles. The SMILES string of the molecule is Cn1nnn(-c2cc(Nc3ncc(F)c(NC4CC(C)(C)NC(C)(C)C4)n3)c(F)cc2C2CC2)c1=O.O=C(O)CC(O)(CC(=O)O)C(=O)O. The molecule has 7 N–H and O–H groups in total. The van der Waals surface area contributed by atoms with E-state index in [2.05, 4.69) is 64.0 Å². The molecule has 0 atom stereocenters. The number of halogens is 2. The summed E-state index contributed by atoms with van der Waals surface area (Å²) >= 11 is 0. The van der Waals surface area contributed by atoms with Crippen molar-refractivity contribution in [3.63, 3.8) is 0 Å². The van der Waals surface area contributed by atoms with Gasteiger partial charge in [-0.2, -0.15) is 14.3 Å². The van der Waals surface area contributed by atoms with E-state index in [1.54, 1.807) is 0 Å². The zero-order chi connectivity index (χ0) is 36.5. The van der Waals surface area contributed by atoms with Gasteiger partial charge in [0.1, 0.15) is 5.82 Å². The van der Waals surface area contributed by atoms with Crippen LogP contribution in [0, 0.1) is 11.6 Å². The van der Waals surface area contributed by atoms with E-state index in [4.69, 9.17) is 20.4 Å². The van der Waals surface area contributed by atoms with Crippen molar-refractivity contribution in [1.82, 2.24) is 35.1 Å². The van der Waals surface area contributed by atoms with Gasteiger partial charge in [0.25, 0.3) is 0 Å². The number of hydrogen-bond donors (Lipinski definition) is 7. The number of hydrogen-bond acceptors (Lipinski definition) is 12. The lowest BCUT2D eigenvalue weighted by molar-refractivity contribution is -0.170. The van der Waals surface area contributed by atoms with Gasteiger partial charge in [0.15, 0.2) is 17.2 Å². The number of aromatic nitrogens is 6. The predicted molar refractivity (Wildman–Crippen MR) is 169 cm³/mol. The van der Waals surface area contributed by atoms with Crippen molar-refractivity contribution in [3.05, 3.63) is 46.0 Å². The van der Waals surface area contributed by atoms with E-state index in [1.165, 1.54) is 19.2 Å². The predicted octanol–water partition coefficient (Wildman–Crippen LogP) is 2.13. The number of rotatable bonds is 11. The summed E-state index contributed by atoms with van der Waals surface area (Å²) in [4.78, 5) is 51.3. The molecule has 0 bridgehead atoms. The van der Waals surface area contributed by atoms with E-state index >= 15 is 4.39 Å². The number of nitrogens with one attached hydrogen (secondary N) is 3. The second kappa shape index (κ2) is 13.8. The zero-order valence-corrected chi connectivity index (χ0v) is 27.5. The van der Waals surface area contributed by atoms with Gasteiger partial charge in [0.05, 0.1) is 30.4 Å². The minimum absolute atomic E-state index is 0.0156. The van der Waals surface area contributed by atoms with Crippen molar-refractivity contribution in [3.8, 4) is 5.69 Å². The molecule has 2 aliphatic rings. The van der Waals surface area contributed by atoms with Crippen molar-refractivity contribution in [1.29, 1.82) is 0 Å². The summed E-state index contributed by atoms with van der Waals surface area (Å²) < 4.78 is 32.0. The lowest BCUT2D eigenvalue weighted by Crippen LogP contribution is -2.60. The Morgan fingerprint density at radius 1 is 1.00 bits per heavy atom. The Morgan fingerprint density at radius 2 is 1.59 bits per heavy atom. The summed E-state index contributed by atoms with van der Waals surface area (Å²) in [5, 5.41) is 51.2. The van der Waals surface area contributed by atoms with Crippen LogP contribution in [0.25, 0.3) is 5.69 Å². The average Bonchev–Trinajstić information content (AvgIpc) is 3.74. The second-order valence-corrected chi connectivity index (χ2v) is 13.6. The van der Waals surface area contributed by atoms with Crippen LogP contribution in [0.5, 0.6) is 0 Å². The van der Waals surface area contributed by atoms with E-state index in [1.807, 2.05) is 0 Å². The number of carboxylic acids is 3. The van der Waals surface area contributed by atoms with Gasteiger partial charge in [-0.1, -0.05) is 0 Å². The monoisotopic (exact) mass is 691 g/mol. The summed E-state index contributed by atoms with van der Waals surface area (Å²) in [7, 11) is 1.50. The summed E-state index contributed by atoms with van der Waals surface area (Å²) in [5.74, 6) is -5.90. The van der Waals surface area contributed by atoms with Crippen molar-refractivity contribution in [2.75, 3.05) is 10.6 Å². The largest absolute Gasteiger partial charge is 0.481 e. The molecule has 17 nitrogen and oxygen atoms in total. The molecule has 0 radical (unpaired) electrons. The third-order valence-electron chi connectivity index (χ3n) is 7.89. The van der Waals surface area contributed by atoms with E-state index in [-0.39, 0.29) is 40.5 Å². The Kier molecular flexibility index (Phi) is 10.4. The van der Waals surface area contributed by atoms with Gasteiger partial charge in [-0.25, -0.2) is 23.4 Å². The van der Waals surface area contributed by atoms with Crippen LogP contribution in [0.1, 0.15) is 77.7 Å². The molecule has 3 heterocycles. The Labute approximate surface area is 278 Å². The molecular weight excluding hydrogens is 652 g/mol. The van der Waals surface area contributed by atoms with Crippen molar-refractivity contribution in [2.24, 2.45) is 7.05 Å². The first-order valence-corrected chi connectivity index (χ1v) is 15.3. The molecule has 1 aliphatic heterocycles. The van der Waals surface area contributed by atoms with Gasteiger partial charge in [0.2, 0.25) is 5.95 Å². The number of carboxylic acid groups (broad SMARTS) is 3. The number of carbonyl (C=O) groups is 3. The standard InChI is InChI=1S/C24H31F2N9O.C6H8O7/c1-23(2)10-14(11-24(3,4)31-23)28-20-17(26)12-27-21(30-20)29-18-9-19(35-22(36)34(5)32-33-35)15(8-16(18)25)13-6-7-13;7-3(8)1-6(13,5(11)12)2-4(9)10/h8-9,12-14,31H,6-7,10-11H2,1-5H3,(H2,27,28,29,30);13H,1-2H2,(H,7,8)(H,9,10)(H,11,12). The number of piperidine rings is 1. The van der Waals surface area contributed by atoms with Gasteiger partial charge >= 0.3 is 23.6 Å². The number of benzene rings is 1. The van der Waals surface area contributed by atoms with E-state index in [0.29, 0.717) is 11.3 Å². The van der Waals surface area contributed by atoms with Crippen LogP contribution in [0.4, 0.5) is 26.2 Å². The van der Waals surface area contributed by atoms with Gasteiger partial charge in [-0.15, -0.1) is 0 Å². The molecule has 2 fully saturated rings. The Bertz CT molecular complexity index is 1770. The number of aliphatic hydroxyl groups is 1. The molecule has 0 spiro atoms. The first-order chi connectivity index (χ1) is 22.7. The van der Waals surface area contributed by atoms with Crippen molar-refractivity contribution >= 4 is 35.4 Å². The number of nitrogens with zero attached hydrogens (tertiary/aromatic N) is 6. The first kappa shape index (κ1) is 36.8. The van der Waals surface area contributed by atoms with Crippen molar-refractivity contribution in [2.45, 2.75) is 94.9 Å². The highest BCUT2D eigenvalue weighted by atomic mass is 19.1. The third kappa shape index (κ3) is 9.32. The van der Waals surface area contributed by atoms with Crippen LogP contribution < -0.4 is 21.6 Å². The summed E-state index contributed by atoms with van der Waals surface area (Å²) in [5.41, 5.74) is -2.26. The molecule has 0 amide bonds. The normalized spacial score (nSPS) is 17.1. The summed E-state index contributed by atoms with van der Waals surface area (Å²) in [6.07, 6.45) is 2.14. The minimum Gasteiger partial charge on any atom is -0.481 e. The second-order valence-electron chi connectivity index (χ2n) is 13.6. The molecule has 5 rings (SSSR count). The Morgan fingerprint density at radius 3 is 2.08 bits per heavy atom. The van der Waals surface area contributed by atoms with Gasteiger partial charge in [0, 0.05) is 24.2 Å². The van der Waals surface area contributed by atoms with Crippen LogP contribution >= 0.6 is 0 Å². The van der Waals surface area contributed by atoms with Crippen LogP contribution in [0.15, 0.2) is 23.1 Å². The average molecular weight is 692 g/mol. The van der Waals surface area contributed by atoms with Gasteiger partial charge in [-0.3, -0.25) is 9.59 Å². The molecule has 266 valence electrons. The zero-order valence-electron chi connectivity index (χ0n) is 27.5. The first-order valence-electron chi connectivity index (χ1n) is 15.3. The highest BCUT2D eigenvalue weighted by molar-refractivity contribution is 5.88. The number of aryl methyl sites for hydroxylation is 1. The van der Waals surface area contributed by atoms with Crippen LogP contribution in [-0.4, -0.2) is 90.8 Å². The molecule has 19 heteroatoms. The van der Waals surface area contributed by atoms with E-state index < -0.39 is 53.7 Å². The van der Waals surface area contributed by atoms with E-state index in [9.17, 15) is 23.6 Å². The number of tetrazole rings is 1. The van der Waals surface area contributed by atoms with Crippen LogP contribution in [0.2, 0.25) is 0 Å². The quantitative estimate of drug-likeness (QED) is 0.152. The fourth-order valence-electron chi connectivity index (χ4n) is 6.02. The molecule has 0 unspecified atom stereocenters. The Balaban J connectivity index is 0.000000355. The molecule has 1 saturated heterocycles. The molecule has 49 heavy (non-hydrogen) atoms. The maximum absolute atomic E-state index is 15.1. The summed E-state index contributed by atoms with van der Waals surface area (Å²) in [6.45, 7) is 8.44. The Hall–Kier alpha value is -5.04. The lowest BCUT2D eigenvalue weighted by Gasteiger charge is -2.46. The maximum atomic E-state index is 15.1. The lowest BCUT2D eigenvalue weighted by atomic mass is 9.79. The van der Waals surface area contributed by atoms with Crippen molar-refractivity contribution < 1.29 is 43.6 Å². The molecule has 1 aliphatic carbocycles. The highest BCUT2D eigenvalue weighted by Gasteiger charge is 2.41. The smallest absolute Gasteiger partial charge is 0.368 e. The molecular formula is C30H39F2N9O8. The van der Waals surface area contributed by atoms with Gasteiger partial charge < -0.3 is 36.4 Å². The highest BCUT2D eigenvalue weighted by Crippen LogP contribution is 2.44. The van der Waals surface area contributed by atoms with Crippen LogP contribution in [0.3, 0.4) is 0 Å². The molecule has 1 saturated carbocycles. The van der Waals surface area contributed by atoms with Gasteiger partial charge in [-0.05, 0) is 87.4 Å². The number of aliphatic carboxylic acids is 3. The van der Waals surface area contributed by atoms with E-state index in [0.717, 1.165) is 41.2 Å². The number of anilines is 3. The summed E-state index contributed by atoms with van der Waals surface area (Å²) in [6, 6.07) is 2.88. The molecule has 3 aromatic rings. The molecule has 1 aromatic carbocycles. The van der Waals surface area contributed by atoms with Crippen LogP contribution in [-0.2, 0) is 21.4 Å². The third-order valence-corrected chi connectivity index (χ3v) is 7.89. The maximum Gasteiger partial charge on any atom is 0.368 e. The topological polar surface area (TPSA) is 247 Å². The minimum atomic E-state index is -2.74. The fraction of sp³-hybridized carbons (Fsp3) is 0.533.